The number of benzene rings is 2. The molecule has 1 saturated heterocycles. The molecule has 2 aromatic carbocycles. The summed E-state index contributed by atoms with van der Waals surface area (Å²) in [7, 11) is 1.83. The van der Waals surface area contributed by atoms with Crippen molar-refractivity contribution >= 4 is 10.9 Å². The van der Waals surface area contributed by atoms with Crippen LogP contribution in [0.2, 0.25) is 0 Å². The van der Waals surface area contributed by atoms with E-state index in [1.54, 1.807) is 10.7 Å². The van der Waals surface area contributed by atoms with Gasteiger partial charge in [0.15, 0.2) is 0 Å². The lowest BCUT2D eigenvalue weighted by atomic mass is 10.1. The van der Waals surface area contributed by atoms with Crippen molar-refractivity contribution in [2.24, 2.45) is 7.05 Å². The van der Waals surface area contributed by atoms with Crippen molar-refractivity contribution in [3.05, 3.63) is 48.3 Å². The van der Waals surface area contributed by atoms with Gasteiger partial charge in [0.2, 0.25) is 0 Å². The van der Waals surface area contributed by atoms with Crippen LogP contribution in [0.5, 0.6) is 5.75 Å². The lowest BCUT2D eigenvalue weighted by Gasteiger charge is -2.27. The summed E-state index contributed by atoms with van der Waals surface area (Å²) in [6.45, 7) is 1.07. The molecule has 2 heterocycles. The predicted octanol–water partition coefficient (Wildman–Crippen LogP) is 3.46. The number of hydrogen-bond acceptors (Lipinski definition) is 3. The van der Waals surface area contributed by atoms with Crippen LogP contribution in [0.1, 0.15) is 6.42 Å². The maximum Gasteiger partial charge on any atom is 0.149 e. The number of piperidine rings is 1. The van der Waals surface area contributed by atoms with Crippen LogP contribution in [0.3, 0.4) is 0 Å². The number of aromatic nitrogens is 2. The summed E-state index contributed by atoms with van der Waals surface area (Å²) in [4.78, 5) is 0. The Bertz CT molecular complexity index is 909. The van der Waals surface area contributed by atoms with Gasteiger partial charge < -0.3 is 10.1 Å². The number of alkyl halides is 1. The lowest BCUT2D eigenvalue weighted by Crippen LogP contribution is -2.44. The third-order valence-electron chi connectivity index (χ3n) is 4.56. The number of aryl methyl sites for hydroxylation is 1. The van der Waals surface area contributed by atoms with Gasteiger partial charge in [-0.3, -0.25) is 4.68 Å². The Labute approximate surface area is 144 Å². The van der Waals surface area contributed by atoms with E-state index in [1.165, 1.54) is 12.1 Å². The van der Waals surface area contributed by atoms with Gasteiger partial charge in [-0.25, -0.2) is 8.78 Å². The van der Waals surface area contributed by atoms with Crippen molar-refractivity contribution in [2.45, 2.75) is 18.7 Å². The predicted molar refractivity (Wildman–Crippen MR) is 92.9 cm³/mol. The van der Waals surface area contributed by atoms with E-state index in [-0.39, 0.29) is 5.82 Å². The second kappa shape index (κ2) is 6.44. The number of nitrogens with zero attached hydrogens (tertiary/aromatic N) is 2. The fraction of sp³-hybridized carbons (Fsp3) is 0.316. The Morgan fingerprint density at radius 1 is 1.24 bits per heavy atom. The zero-order chi connectivity index (χ0) is 17.4. The van der Waals surface area contributed by atoms with Crippen molar-refractivity contribution in [3.8, 4) is 17.0 Å². The zero-order valence-corrected chi connectivity index (χ0v) is 13.9. The minimum atomic E-state index is -1.01. The Kier molecular flexibility index (Phi) is 4.13. The molecule has 130 valence electrons. The highest BCUT2D eigenvalue weighted by atomic mass is 19.1. The molecule has 0 aliphatic carbocycles. The van der Waals surface area contributed by atoms with Crippen LogP contribution in [0, 0.1) is 5.82 Å². The molecule has 1 aliphatic rings. The molecule has 1 aromatic heterocycles. The Hall–Kier alpha value is -2.47. The minimum Gasteiger partial charge on any atom is -0.487 e. The molecule has 6 heteroatoms. The van der Waals surface area contributed by atoms with Gasteiger partial charge in [0.1, 0.15) is 29.5 Å². The maximum atomic E-state index is 13.9. The Morgan fingerprint density at radius 2 is 2.12 bits per heavy atom. The number of hydrogen-bond donors (Lipinski definition) is 1. The second-order valence-corrected chi connectivity index (χ2v) is 6.33. The summed E-state index contributed by atoms with van der Waals surface area (Å²) in [6.07, 6.45) is -0.812. The fourth-order valence-electron chi connectivity index (χ4n) is 3.26. The molecule has 1 N–H and O–H groups in total. The molecule has 0 radical (unpaired) electrons. The third kappa shape index (κ3) is 3.09. The average molecular weight is 343 g/mol. The smallest absolute Gasteiger partial charge is 0.149 e. The van der Waals surface area contributed by atoms with Crippen molar-refractivity contribution in [1.82, 2.24) is 15.1 Å². The number of fused-ring (bicyclic) bond motifs is 1. The Morgan fingerprint density at radius 3 is 2.92 bits per heavy atom. The molecular formula is C19H19F2N3O. The van der Waals surface area contributed by atoms with Crippen molar-refractivity contribution in [1.29, 1.82) is 0 Å². The molecule has 3 aromatic rings. The first-order valence-corrected chi connectivity index (χ1v) is 8.36. The number of ether oxygens (including phenoxy) is 1. The summed E-state index contributed by atoms with van der Waals surface area (Å²) >= 11 is 0. The molecule has 0 saturated carbocycles. The van der Waals surface area contributed by atoms with Crippen LogP contribution < -0.4 is 10.1 Å². The van der Waals surface area contributed by atoms with Gasteiger partial charge >= 0.3 is 0 Å². The monoisotopic (exact) mass is 343 g/mol. The van der Waals surface area contributed by atoms with Crippen LogP contribution in [-0.2, 0) is 7.05 Å². The van der Waals surface area contributed by atoms with E-state index >= 15 is 0 Å². The van der Waals surface area contributed by atoms with Crippen LogP contribution in [0.25, 0.3) is 22.2 Å². The van der Waals surface area contributed by atoms with E-state index in [0.717, 1.165) is 23.0 Å². The first kappa shape index (κ1) is 16.0. The van der Waals surface area contributed by atoms with Gasteiger partial charge in [-0.05, 0) is 37.2 Å². The molecule has 0 spiro atoms. The van der Waals surface area contributed by atoms with Gasteiger partial charge in [0.25, 0.3) is 0 Å². The molecule has 1 aliphatic heterocycles. The second-order valence-electron chi connectivity index (χ2n) is 6.33. The molecule has 0 bridgehead atoms. The highest BCUT2D eigenvalue weighted by Gasteiger charge is 2.26. The molecule has 25 heavy (non-hydrogen) atoms. The van der Waals surface area contributed by atoms with Crippen molar-refractivity contribution in [2.75, 3.05) is 13.1 Å². The highest BCUT2D eigenvalue weighted by molar-refractivity contribution is 5.94. The van der Waals surface area contributed by atoms with Gasteiger partial charge in [-0.15, -0.1) is 0 Å². The SMILES string of the molecule is Cn1nc(-c2cccc(F)c2)c2ccc(O[C@@H]3CCNC[C@H]3F)cc21. The summed E-state index contributed by atoms with van der Waals surface area (Å²) in [5.41, 5.74) is 2.30. The number of rotatable bonds is 3. The maximum absolute atomic E-state index is 13.9. The van der Waals surface area contributed by atoms with E-state index in [4.69, 9.17) is 4.74 Å². The fourth-order valence-corrected chi connectivity index (χ4v) is 3.26. The third-order valence-corrected chi connectivity index (χ3v) is 4.56. The van der Waals surface area contributed by atoms with E-state index in [2.05, 4.69) is 10.4 Å². The molecule has 4 rings (SSSR count). The van der Waals surface area contributed by atoms with E-state index in [1.807, 2.05) is 31.3 Å². The standard InChI is InChI=1S/C19H19F2N3O/c1-24-17-10-14(25-18-7-8-22-11-16(18)21)5-6-15(17)19(23-24)12-3-2-4-13(20)9-12/h2-6,9-10,16,18,22H,7-8,11H2,1H3/t16-,18-/m1/s1. The normalized spacial score (nSPS) is 20.8. The Balaban J connectivity index is 1.69. The highest BCUT2D eigenvalue weighted by Crippen LogP contribution is 2.31. The summed E-state index contributed by atoms with van der Waals surface area (Å²) in [6, 6.07) is 12.0. The van der Waals surface area contributed by atoms with Gasteiger partial charge in [0, 0.05) is 30.6 Å². The molecular weight excluding hydrogens is 324 g/mol. The van der Waals surface area contributed by atoms with E-state index in [0.29, 0.717) is 24.4 Å². The summed E-state index contributed by atoms with van der Waals surface area (Å²) in [5.74, 6) is 0.326. The molecule has 0 unspecified atom stereocenters. The zero-order valence-electron chi connectivity index (χ0n) is 13.9. The average Bonchev–Trinajstić information content (AvgIpc) is 2.94. The first-order chi connectivity index (χ1) is 12.1. The quantitative estimate of drug-likeness (QED) is 0.792. The van der Waals surface area contributed by atoms with Gasteiger partial charge in [-0.1, -0.05) is 12.1 Å². The van der Waals surface area contributed by atoms with Gasteiger partial charge in [0.05, 0.1) is 5.52 Å². The summed E-state index contributed by atoms with van der Waals surface area (Å²) in [5, 5.41) is 8.43. The van der Waals surface area contributed by atoms with Crippen LogP contribution in [0.4, 0.5) is 8.78 Å². The lowest BCUT2D eigenvalue weighted by molar-refractivity contribution is 0.0732. The van der Waals surface area contributed by atoms with Crippen molar-refractivity contribution in [3.63, 3.8) is 0 Å². The molecule has 4 nitrogen and oxygen atoms in total. The van der Waals surface area contributed by atoms with Crippen molar-refractivity contribution < 1.29 is 13.5 Å². The summed E-state index contributed by atoms with van der Waals surface area (Å²) < 4.78 is 35.1. The van der Waals surface area contributed by atoms with E-state index < -0.39 is 12.3 Å². The van der Waals surface area contributed by atoms with Crippen LogP contribution in [-0.4, -0.2) is 35.1 Å². The molecule has 0 amide bonds. The molecule has 2 atom stereocenters. The van der Waals surface area contributed by atoms with E-state index in [9.17, 15) is 8.78 Å². The number of halogens is 2. The first-order valence-electron chi connectivity index (χ1n) is 8.36. The van der Waals surface area contributed by atoms with Crippen LogP contribution in [0.15, 0.2) is 42.5 Å². The van der Waals surface area contributed by atoms with Gasteiger partial charge in [-0.2, -0.15) is 5.10 Å². The van der Waals surface area contributed by atoms with Crippen LogP contribution >= 0.6 is 0 Å². The largest absolute Gasteiger partial charge is 0.487 e. The minimum absolute atomic E-state index is 0.295. The topological polar surface area (TPSA) is 39.1 Å². The molecule has 1 fully saturated rings. The number of nitrogens with one attached hydrogen (secondary N) is 1.